The number of hydrogen-bond acceptors (Lipinski definition) is 4. The maximum atomic E-state index is 12.0. The summed E-state index contributed by atoms with van der Waals surface area (Å²) < 4.78 is 0. The van der Waals surface area contributed by atoms with Crippen molar-refractivity contribution in [2.24, 2.45) is 5.41 Å². The lowest BCUT2D eigenvalue weighted by atomic mass is 9.90. The molecule has 1 heterocycles. The highest BCUT2D eigenvalue weighted by Crippen LogP contribution is 2.27. The van der Waals surface area contributed by atoms with Crippen LogP contribution in [0.15, 0.2) is 30.3 Å². The van der Waals surface area contributed by atoms with Gasteiger partial charge in [-0.15, -0.1) is 11.3 Å². The molecule has 5 nitrogen and oxygen atoms in total. The minimum absolute atomic E-state index is 0.118. The van der Waals surface area contributed by atoms with E-state index in [9.17, 15) is 4.79 Å². The van der Waals surface area contributed by atoms with Crippen LogP contribution >= 0.6 is 11.3 Å². The third-order valence-electron chi connectivity index (χ3n) is 3.84. The van der Waals surface area contributed by atoms with Crippen LogP contribution in [0.2, 0.25) is 0 Å². The van der Waals surface area contributed by atoms with Crippen LogP contribution in [0, 0.1) is 12.3 Å². The Morgan fingerprint density at radius 1 is 1.25 bits per heavy atom. The van der Waals surface area contributed by atoms with Gasteiger partial charge in [-0.1, -0.05) is 44.2 Å². The molecule has 0 aliphatic rings. The number of nitrogens with one attached hydrogen (secondary N) is 2. The van der Waals surface area contributed by atoms with Gasteiger partial charge in [-0.25, -0.2) is 9.78 Å². The van der Waals surface area contributed by atoms with Gasteiger partial charge in [0.2, 0.25) is 0 Å². The first-order valence-corrected chi connectivity index (χ1v) is 8.87. The van der Waals surface area contributed by atoms with Crippen LogP contribution in [0.4, 0.5) is 4.79 Å². The zero-order valence-corrected chi connectivity index (χ0v) is 15.2. The van der Waals surface area contributed by atoms with Crippen molar-refractivity contribution < 1.29 is 9.90 Å². The van der Waals surface area contributed by atoms with Crippen molar-refractivity contribution in [2.45, 2.75) is 33.7 Å². The van der Waals surface area contributed by atoms with E-state index in [1.807, 2.05) is 51.1 Å². The third kappa shape index (κ3) is 5.32. The number of urea groups is 1. The maximum Gasteiger partial charge on any atom is 0.315 e. The molecule has 24 heavy (non-hydrogen) atoms. The van der Waals surface area contributed by atoms with E-state index in [2.05, 4.69) is 15.6 Å². The number of aliphatic hydroxyl groups is 1. The van der Waals surface area contributed by atoms with Gasteiger partial charge >= 0.3 is 6.03 Å². The van der Waals surface area contributed by atoms with Gasteiger partial charge in [0.05, 0.1) is 12.2 Å². The zero-order valence-electron chi connectivity index (χ0n) is 14.4. The van der Waals surface area contributed by atoms with Crippen LogP contribution in [-0.4, -0.2) is 29.3 Å². The normalized spacial score (nSPS) is 11.3. The third-order valence-corrected chi connectivity index (χ3v) is 5.05. The molecule has 6 heteroatoms. The Hall–Kier alpha value is -1.92. The second-order valence-corrected chi connectivity index (χ2v) is 7.65. The quantitative estimate of drug-likeness (QED) is 0.719. The first-order chi connectivity index (χ1) is 11.4. The Labute approximate surface area is 147 Å². The monoisotopic (exact) mass is 347 g/mol. The molecule has 0 saturated carbocycles. The van der Waals surface area contributed by atoms with E-state index < -0.39 is 0 Å². The molecule has 0 fully saturated rings. The number of carbonyl (C=O) groups excluding carboxylic acids is 1. The first kappa shape index (κ1) is 18.4. The van der Waals surface area contributed by atoms with Crippen LogP contribution in [0.25, 0.3) is 10.6 Å². The van der Waals surface area contributed by atoms with Gasteiger partial charge in [0.15, 0.2) is 0 Å². The molecule has 2 aromatic rings. The summed E-state index contributed by atoms with van der Waals surface area (Å²) in [6.45, 7) is 7.10. The lowest BCUT2D eigenvalue weighted by molar-refractivity contribution is 0.201. The summed E-state index contributed by atoms with van der Waals surface area (Å²) >= 11 is 1.60. The Balaban J connectivity index is 1.88. The Morgan fingerprint density at radius 2 is 1.96 bits per heavy atom. The number of aromatic nitrogens is 1. The SMILES string of the molecule is Cc1nc(-c2ccccc2)sc1CNC(=O)NCC(C)(C)CCO. The van der Waals surface area contributed by atoms with Crippen molar-refractivity contribution >= 4 is 17.4 Å². The minimum Gasteiger partial charge on any atom is -0.396 e. The standard InChI is InChI=1S/C18H25N3O2S/c1-13-15(24-16(21-13)14-7-5-4-6-8-14)11-19-17(23)20-12-18(2,3)9-10-22/h4-8,22H,9-12H2,1-3H3,(H2,19,20,23). The molecule has 130 valence electrons. The smallest absolute Gasteiger partial charge is 0.315 e. The number of aliphatic hydroxyl groups excluding tert-OH is 1. The van der Waals surface area contributed by atoms with Crippen LogP contribution in [0.5, 0.6) is 0 Å². The van der Waals surface area contributed by atoms with Gasteiger partial charge < -0.3 is 15.7 Å². The number of amides is 2. The van der Waals surface area contributed by atoms with Gasteiger partial charge in [0.1, 0.15) is 5.01 Å². The molecule has 0 bridgehead atoms. The molecule has 0 unspecified atom stereocenters. The van der Waals surface area contributed by atoms with E-state index in [4.69, 9.17) is 5.11 Å². The first-order valence-electron chi connectivity index (χ1n) is 8.05. The molecule has 0 atom stereocenters. The van der Waals surface area contributed by atoms with Crippen molar-refractivity contribution in [1.82, 2.24) is 15.6 Å². The predicted octanol–water partition coefficient (Wildman–Crippen LogP) is 3.33. The Morgan fingerprint density at radius 3 is 2.62 bits per heavy atom. The highest BCUT2D eigenvalue weighted by atomic mass is 32.1. The van der Waals surface area contributed by atoms with Crippen molar-refractivity contribution in [3.8, 4) is 10.6 Å². The molecule has 0 spiro atoms. The summed E-state index contributed by atoms with van der Waals surface area (Å²) in [5.41, 5.74) is 1.92. The van der Waals surface area contributed by atoms with Crippen LogP contribution in [0.1, 0.15) is 30.8 Å². The fourth-order valence-electron chi connectivity index (χ4n) is 2.23. The predicted molar refractivity (Wildman–Crippen MR) is 98.0 cm³/mol. The van der Waals surface area contributed by atoms with Crippen LogP contribution in [-0.2, 0) is 6.54 Å². The summed E-state index contributed by atoms with van der Waals surface area (Å²) in [4.78, 5) is 17.6. The number of carbonyl (C=O) groups is 1. The molecule has 2 amide bonds. The molecular weight excluding hydrogens is 322 g/mol. The molecule has 0 saturated heterocycles. The van der Waals surface area contributed by atoms with E-state index >= 15 is 0 Å². The highest BCUT2D eigenvalue weighted by molar-refractivity contribution is 7.15. The number of hydrogen-bond donors (Lipinski definition) is 3. The fraction of sp³-hybridized carbons (Fsp3) is 0.444. The van der Waals surface area contributed by atoms with Crippen molar-refractivity contribution in [3.63, 3.8) is 0 Å². The van der Waals surface area contributed by atoms with Gasteiger partial charge in [-0.05, 0) is 18.8 Å². The molecule has 2 rings (SSSR count). The Bertz CT molecular complexity index is 668. The van der Waals surface area contributed by atoms with E-state index in [1.54, 1.807) is 11.3 Å². The van der Waals surface area contributed by atoms with Crippen molar-refractivity contribution in [3.05, 3.63) is 40.9 Å². The lowest BCUT2D eigenvalue weighted by Gasteiger charge is -2.23. The van der Waals surface area contributed by atoms with E-state index in [1.165, 1.54) is 0 Å². The Kier molecular flexibility index (Phi) is 6.34. The van der Waals surface area contributed by atoms with Crippen molar-refractivity contribution in [2.75, 3.05) is 13.2 Å². The molecular formula is C18H25N3O2S. The summed E-state index contributed by atoms with van der Waals surface area (Å²) in [6.07, 6.45) is 0.654. The van der Waals surface area contributed by atoms with E-state index in [0.717, 1.165) is 21.1 Å². The second-order valence-electron chi connectivity index (χ2n) is 6.57. The molecule has 0 aliphatic heterocycles. The molecule has 0 aliphatic carbocycles. The number of rotatable bonds is 7. The maximum absolute atomic E-state index is 12.0. The number of nitrogens with zero attached hydrogens (tertiary/aromatic N) is 1. The lowest BCUT2D eigenvalue weighted by Crippen LogP contribution is -2.40. The van der Waals surface area contributed by atoms with Crippen LogP contribution in [0.3, 0.4) is 0 Å². The summed E-state index contributed by atoms with van der Waals surface area (Å²) in [5.74, 6) is 0. The van der Waals surface area contributed by atoms with Crippen LogP contribution < -0.4 is 10.6 Å². The molecule has 1 aromatic heterocycles. The zero-order chi connectivity index (χ0) is 17.6. The summed E-state index contributed by atoms with van der Waals surface area (Å²) in [7, 11) is 0. The van der Waals surface area contributed by atoms with Gasteiger partial charge in [0, 0.05) is 23.6 Å². The van der Waals surface area contributed by atoms with Gasteiger partial charge in [0.25, 0.3) is 0 Å². The average Bonchev–Trinajstić information content (AvgIpc) is 2.93. The number of thiazole rings is 1. The molecule has 3 N–H and O–H groups in total. The van der Waals surface area contributed by atoms with E-state index in [0.29, 0.717) is 19.5 Å². The number of benzene rings is 1. The average molecular weight is 347 g/mol. The highest BCUT2D eigenvalue weighted by Gasteiger charge is 2.18. The van der Waals surface area contributed by atoms with E-state index in [-0.39, 0.29) is 18.1 Å². The number of aryl methyl sites for hydroxylation is 1. The molecule has 1 aromatic carbocycles. The van der Waals surface area contributed by atoms with Gasteiger partial charge in [-0.2, -0.15) is 0 Å². The fourth-order valence-corrected chi connectivity index (χ4v) is 3.24. The summed E-state index contributed by atoms with van der Waals surface area (Å²) in [5, 5.41) is 15.7. The largest absolute Gasteiger partial charge is 0.396 e. The van der Waals surface area contributed by atoms with Crippen molar-refractivity contribution in [1.29, 1.82) is 0 Å². The topological polar surface area (TPSA) is 74.2 Å². The minimum atomic E-state index is -0.199. The molecule has 0 radical (unpaired) electrons. The summed E-state index contributed by atoms with van der Waals surface area (Å²) in [6, 6.07) is 9.83. The second kappa shape index (κ2) is 8.26. The van der Waals surface area contributed by atoms with Gasteiger partial charge in [-0.3, -0.25) is 0 Å².